The second kappa shape index (κ2) is 8.79. The molecular weight excluding hydrogens is 442 g/mol. The van der Waals surface area contributed by atoms with Crippen LogP contribution in [0.15, 0.2) is 126 Å². The molecule has 2 heteroatoms. The van der Waals surface area contributed by atoms with E-state index in [0.717, 1.165) is 10.2 Å². The fourth-order valence-electron chi connectivity index (χ4n) is 3.99. The highest BCUT2D eigenvalue weighted by molar-refractivity contribution is 9.10. The predicted molar refractivity (Wildman–Crippen MR) is 134 cm³/mol. The lowest BCUT2D eigenvalue weighted by atomic mass is 9.92. The van der Waals surface area contributed by atoms with Crippen molar-refractivity contribution in [2.45, 2.75) is 6.04 Å². The fraction of sp³-hybridized carbons (Fsp3) is 0.0345. The standard InChI is InChI=1S/C29H22BrN/c30-27-16-8-14-24(18-27)23-13-7-15-25(17-23)29-20-26(21-9-3-1-4-10-21)19-28(31-29)22-11-5-2-6-12-22/h1-20,29,31H. The zero-order chi connectivity index (χ0) is 21.0. The molecule has 1 atom stereocenters. The van der Waals surface area contributed by atoms with E-state index in [1.54, 1.807) is 0 Å². The molecule has 0 spiro atoms. The minimum atomic E-state index is 0.0857. The lowest BCUT2D eigenvalue weighted by molar-refractivity contribution is 0.767. The Balaban J connectivity index is 1.56. The largest absolute Gasteiger partial charge is 0.374 e. The molecule has 0 bridgehead atoms. The van der Waals surface area contributed by atoms with E-state index >= 15 is 0 Å². The highest BCUT2D eigenvalue weighted by Crippen LogP contribution is 2.33. The summed E-state index contributed by atoms with van der Waals surface area (Å²) in [6.45, 7) is 0. The van der Waals surface area contributed by atoms with E-state index in [1.807, 2.05) is 0 Å². The monoisotopic (exact) mass is 463 g/mol. The Morgan fingerprint density at radius 1 is 0.581 bits per heavy atom. The summed E-state index contributed by atoms with van der Waals surface area (Å²) in [4.78, 5) is 0. The van der Waals surface area contributed by atoms with Gasteiger partial charge in [0.1, 0.15) is 0 Å². The van der Waals surface area contributed by atoms with Crippen LogP contribution in [0.25, 0.3) is 22.4 Å². The normalized spacial score (nSPS) is 15.6. The summed E-state index contributed by atoms with van der Waals surface area (Å²) in [7, 11) is 0. The minimum absolute atomic E-state index is 0.0857. The highest BCUT2D eigenvalue weighted by atomic mass is 79.9. The molecule has 150 valence electrons. The van der Waals surface area contributed by atoms with Gasteiger partial charge < -0.3 is 5.32 Å². The van der Waals surface area contributed by atoms with Gasteiger partial charge in [0.05, 0.1) is 6.04 Å². The Kier molecular flexibility index (Phi) is 5.56. The van der Waals surface area contributed by atoms with Crippen LogP contribution < -0.4 is 5.32 Å². The molecule has 0 radical (unpaired) electrons. The number of allylic oxidation sites excluding steroid dienone is 2. The van der Waals surface area contributed by atoms with Crippen LogP contribution in [0, 0.1) is 0 Å². The van der Waals surface area contributed by atoms with E-state index in [1.165, 1.54) is 33.4 Å². The second-order valence-corrected chi connectivity index (χ2v) is 8.59. The van der Waals surface area contributed by atoms with E-state index in [-0.39, 0.29) is 6.04 Å². The maximum Gasteiger partial charge on any atom is 0.0707 e. The van der Waals surface area contributed by atoms with Crippen molar-refractivity contribution in [3.05, 3.63) is 143 Å². The molecule has 0 aromatic heterocycles. The van der Waals surface area contributed by atoms with Gasteiger partial charge in [0.2, 0.25) is 0 Å². The molecule has 1 aliphatic heterocycles. The number of nitrogens with one attached hydrogen (secondary N) is 1. The van der Waals surface area contributed by atoms with Crippen molar-refractivity contribution in [1.29, 1.82) is 0 Å². The molecule has 0 saturated heterocycles. The molecule has 31 heavy (non-hydrogen) atoms. The molecule has 0 amide bonds. The van der Waals surface area contributed by atoms with Gasteiger partial charge in [-0.05, 0) is 63.7 Å². The molecule has 4 aromatic rings. The molecule has 0 saturated carbocycles. The summed E-state index contributed by atoms with van der Waals surface area (Å²) in [5.41, 5.74) is 8.45. The van der Waals surface area contributed by atoms with Gasteiger partial charge in [-0.25, -0.2) is 0 Å². The molecule has 1 aliphatic rings. The summed E-state index contributed by atoms with van der Waals surface area (Å²) in [6, 6.07) is 38.5. The molecule has 0 aliphatic carbocycles. The third-order valence-electron chi connectivity index (χ3n) is 5.55. The van der Waals surface area contributed by atoms with Crippen LogP contribution >= 0.6 is 15.9 Å². The van der Waals surface area contributed by atoms with Crippen LogP contribution in [-0.4, -0.2) is 0 Å². The fourth-order valence-corrected chi connectivity index (χ4v) is 4.39. The molecule has 1 heterocycles. The summed E-state index contributed by atoms with van der Waals surface area (Å²) >= 11 is 3.59. The van der Waals surface area contributed by atoms with Crippen molar-refractivity contribution in [2.75, 3.05) is 0 Å². The van der Waals surface area contributed by atoms with Crippen molar-refractivity contribution in [1.82, 2.24) is 5.32 Å². The van der Waals surface area contributed by atoms with Crippen LogP contribution in [0.3, 0.4) is 0 Å². The van der Waals surface area contributed by atoms with Gasteiger partial charge in [-0.3, -0.25) is 0 Å². The van der Waals surface area contributed by atoms with E-state index < -0.39 is 0 Å². The number of halogens is 1. The minimum Gasteiger partial charge on any atom is -0.374 e. The van der Waals surface area contributed by atoms with E-state index in [9.17, 15) is 0 Å². The molecule has 1 N–H and O–H groups in total. The van der Waals surface area contributed by atoms with Gasteiger partial charge in [0.15, 0.2) is 0 Å². The zero-order valence-corrected chi connectivity index (χ0v) is 18.6. The number of rotatable bonds is 4. The molecular formula is C29H22BrN. The van der Waals surface area contributed by atoms with Crippen molar-refractivity contribution in [2.24, 2.45) is 0 Å². The van der Waals surface area contributed by atoms with Crippen molar-refractivity contribution in [3.8, 4) is 11.1 Å². The first-order valence-corrected chi connectivity index (χ1v) is 11.2. The van der Waals surface area contributed by atoms with E-state index in [0.29, 0.717) is 0 Å². The lowest BCUT2D eigenvalue weighted by Gasteiger charge is -2.26. The molecule has 1 unspecified atom stereocenters. The maximum absolute atomic E-state index is 3.75. The van der Waals surface area contributed by atoms with Crippen LogP contribution in [-0.2, 0) is 0 Å². The molecule has 5 rings (SSSR count). The van der Waals surface area contributed by atoms with E-state index in [2.05, 4.69) is 143 Å². The van der Waals surface area contributed by atoms with Gasteiger partial charge in [-0.2, -0.15) is 0 Å². The van der Waals surface area contributed by atoms with Gasteiger partial charge in [-0.15, -0.1) is 0 Å². The molecule has 0 fully saturated rings. The number of benzene rings is 4. The average Bonchev–Trinajstić information content (AvgIpc) is 2.85. The van der Waals surface area contributed by atoms with Crippen molar-refractivity contribution >= 4 is 27.2 Å². The first kappa shape index (κ1) is 19.6. The van der Waals surface area contributed by atoms with Crippen LogP contribution in [0.1, 0.15) is 22.7 Å². The summed E-state index contributed by atoms with van der Waals surface area (Å²) in [6.07, 6.45) is 4.57. The summed E-state index contributed by atoms with van der Waals surface area (Å²) in [5.74, 6) is 0. The zero-order valence-electron chi connectivity index (χ0n) is 17.0. The number of hydrogen-bond acceptors (Lipinski definition) is 1. The molecule has 1 nitrogen and oxygen atoms in total. The lowest BCUT2D eigenvalue weighted by Crippen LogP contribution is -2.21. The summed E-state index contributed by atoms with van der Waals surface area (Å²) in [5, 5.41) is 3.75. The van der Waals surface area contributed by atoms with Crippen LogP contribution in [0.4, 0.5) is 0 Å². The van der Waals surface area contributed by atoms with Crippen LogP contribution in [0.2, 0.25) is 0 Å². The highest BCUT2D eigenvalue weighted by Gasteiger charge is 2.18. The van der Waals surface area contributed by atoms with Gasteiger partial charge >= 0.3 is 0 Å². The Hall–Kier alpha value is -3.36. The first-order chi connectivity index (χ1) is 15.3. The smallest absolute Gasteiger partial charge is 0.0707 e. The SMILES string of the molecule is Brc1cccc(-c2cccc(C3C=C(c4ccccc4)C=C(c4ccccc4)N3)c2)c1. The van der Waals surface area contributed by atoms with Crippen LogP contribution in [0.5, 0.6) is 0 Å². The quantitative estimate of drug-likeness (QED) is 0.324. The third-order valence-corrected chi connectivity index (χ3v) is 6.05. The van der Waals surface area contributed by atoms with Gasteiger partial charge in [0, 0.05) is 10.2 Å². The number of dihydropyridines is 1. The van der Waals surface area contributed by atoms with Crippen molar-refractivity contribution in [3.63, 3.8) is 0 Å². The van der Waals surface area contributed by atoms with Gasteiger partial charge in [-0.1, -0.05) is 107 Å². The Labute approximate surface area is 191 Å². The topological polar surface area (TPSA) is 12.0 Å². The van der Waals surface area contributed by atoms with Gasteiger partial charge in [0.25, 0.3) is 0 Å². The van der Waals surface area contributed by atoms with Crippen molar-refractivity contribution < 1.29 is 0 Å². The third kappa shape index (κ3) is 4.40. The maximum atomic E-state index is 3.75. The summed E-state index contributed by atoms with van der Waals surface area (Å²) < 4.78 is 1.09. The molecule has 4 aromatic carbocycles. The second-order valence-electron chi connectivity index (χ2n) is 7.67. The average molecular weight is 464 g/mol. The predicted octanol–water partition coefficient (Wildman–Crippen LogP) is 7.89. The Morgan fingerprint density at radius 3 is 1.90 bits per heavy atom. The Bertz CT molecular complexity index is 1260. The first-order valence-electron chi connectivity index (χ1n) is 10.4. The van der Waals surface area contributed by atoms with E-state index in [4.69, 9.17) is 0 Å². The Morgan fingerprint density at radius 2 is 1.19 bits per heavy atom. The number of hydrogen-bond donors (Lipinski definition) is 1.